The second-order valence-electron chi connectivity index (χ2n) is 0. The van der Waals surface area contributed by atoms with Gasteiger partial charge < -0.3 is 30.2 Å². The van der Waals surface area contributed by atoms with Crippen molar-refractivity contribution in [1.82, 2.24) is 0 Å². The first-order valence-corrected chi connectivity index (χ1v) is 0. The first-order chi connectivity index (χ1) is 0. The Kier molecular flexibility index (Phi) is 2610. The van der Waals surface area contributed by atoms with Gasteiger partial charge in [-0.25, -0.2) is 0 Å². The fourth-order valence-corrected chi connectivity index (χ4v) is 0. The summed E-state index contributed by atoms with van der Waals surface area (Å²) in [5.74, 6) is 0. The molecule has 0 saturated heterocycles. The Morgan fingerprint density at radius 2 is 0.556 bits per heavy atom. The molecule has 0 amide bonds. The normalized spacial score (nSPS) is 0. The largest absolute Gasteiger partial charge is 2.00 e. The number of hydrogen-bond donors (Lipinski definition) is 0. The van der Waals surface area contributed by atoms with E-state index in [1.54, 1.807) is 0 Å². The molecule has 10 N–H and O–H groups in total. The van der Waals surface area contributed by atoms with Crippen LogP contribution in [0.1, 0.15) is 2.85 Å². The predicted molar refractivity (Wildman–Crippen MR) is 26.0 cm³/mol. The average molecular weight is 483 g/mol. The van der Waals surface area contributed by atoms with Gasteiger partial charge in [0.05, 0.1) is 0 Å². The summed E-state index contributed by atoms with van der Waals surface area (Å²) in [6, 6.07) is 0. The molecule has 9 heavy (non-hydrogen) atoms. The van der Waals surface area contributed by atoms with Crippen LogP contribution < -0.4 is 0 Å². The van der Waals surface area contributed by atoms with Crippen molar-refractivity contribution < 1.29 is 97.4 Å². The molecule has 0 aromatic rings. The molecule has 0 aliphatic rings. The molecule has 0 aromatic heterocycles. The predicted octanol–water partition coefficient (Wildman–Crippen LogP) is -4.29. The molecular weight excluding hydrogens is 471 g/mol. The molecule has 0 rings (SSSR count). The van der Waals surface area contributed by atoms with E-state index in [4.69, 9.17) is 0 Å². The molecule has 5 nitrogen and oxygen atoms in total. The van der Waals surface area contributed by atoms with Gasteiger partial charge in [-0.05, 0) is 0 Å². The smallest absolute Gasteiger partial charge is 1.00 e. The third-order valence-corrected chi connectivity index (χ3v) is 0. The van der Waals surface area contributed by atoms with Gasteiger partial charge in [-0.1, -0.05) is 0 Å². The van der Waals surface area contributed by atoms with Crippen molar-refractivity contribution in [2.45, 2.75) is 0 Å². The third-order valence-electron chi connectivity index (χ3n) is 0. The van der Waals surface area contributed by atoms with E-state index in [-0.39, 0.29) is 120 Å². The molecule has 0 atom stereocenters. The van der Waals surface area contributed by atoms with Crippen LogP contribution >= 0.6 is 0 Å². The quantitative estimate of drug-likeness (QED) is 0.306. The van der Waals surface area contributed by atoms with Crippen molar-refractivity contribution >= 4 is 23.1 Å². The molecule has 0 aliphatic heterocycles. The molecule has 0 aromatic carbocycles. The summed E-state index contributed by atoms with van der Waals surface area (Å²) >= 11 is 0. The molecule has 3 radical (unpaired) electrons. The van der Waals surface area contributed by atoms with Gasteiger partial charge >= 0.3 is 23.1 Å². The molecule has 0 fully saturated rings. The van der Waals surface area contributed by atoms with E-state index >= 15 is 0 Å². The Morgan fingerprint density at radius 3 is 0.556 bits per heavy atom. The van der Waals surface area contributed by atoms with Crippen molar-refractivity contribution in [2.24, 2.45) is 0 Å². The van der Waals surface area contributed by atoms with Gasteiger partial charge in [0.15, 0.2) is 0 Å². The Morgan fingerprint density at radius 1 is 0.556 bits per heavy atom. The van der Waals surface area contributed by atoms with Crippen LogP contribution in [0.3, 0.4) is 0 Å². The van der Waals surface area contributed by atoms with Crippen LogP contribution in [0, 0.1) is 0 Å². The number of rotatable bonds is 0. The van der Waals surface area contributed by atoms with Gasteiger partial charge in [0, 0.05) is 67.1 Å². The van der Waals surface area contributed by atoms with Crippen LogP contribution in [0.4, 0.5) is 0 Å². The van der Waals surface area contributed by atoms with Crippen molar-refractivity contribution in [3.63, 3.8) is 0 Å². The van der Waals surface area contributed by atoms with E-state index in [2.05, 4.69) is 0 Å². The van der Waals surface area contributed by atoms with Crippen molar-refractivity contribution in [1.29, 1.82) is 0 Å². The standard InChI is InChI=1S/Mg.2Nb.5H2O.Ta.2H/h;;;5*1H2;;;/q+2;;;;;;;;;2*-1. The fraction of sp³-hybridized carbons (Fsp3) is 0. The van der Waals surface area contributed by atoms with Gasteiger partial charge in [-0.15, -0.1) is 0 Å². The summed E-state index contributed by atoms with van der Waals surface area (Å²) in [6.07, 6.45) is 0. The molecule has 9 heteroatoms. The summed E-state index contributed by atoms with van der Waals surface area (Å²) in [6.45, 7) is 0. The minimum atomic E-state index is 0. The molecule has 0 spiro atoms. The monoisotopic (exact) mass is 483 g/mol. The van der Waals surface area contributed by atoms with Gasteiger partial charge in [-0.2, -0.15) is 0 Å². The Bertz CT molecular complexity index is 22.4. The van der Waals surface area contributed by atoms with Crippen LogP contribution in [0.25, 0.3) is 0 Å². The molecule has 0 bridgehead atoms. The Hall–Kier alpha value is 2.79. The van der Waals surface area contributed by atoms with E-state index < -0.39 is 0 Å². The third kappa shape index (κ3) is 107. The Balaban J connectivity index is 0. The zero-order valence-electron chi connectivity index (χ0n) is 6.55. The molecule has 0 saturated carbocycles. The SMILES string of the molecule is O.O.O.O.O.[H-].[H-].[Mg+2].[Nb].[Nb].[Ta]. The maximum atomic E-state index is 0. The van der Waals surface area contributed by atoms with Crippen LogP contribution in [0.15, 0.2) is 0 Å². The average Bonchev–Trinajstić information content (AvgIpc) is 0. The summed E-state index contributed by atoms with van der Waals surface area (Å²) in [5, 5.41) is 0. The second kappa shape index (κ2) is 133. The van der Waals surface area contributed by atoms with Gasteiger partial charge in [0.25, 0.3) is 0 Å². The van der Waals surface area contributed by atoms with E-state index in [1.165, 1.54) is 0 Å². The molecule has 59 valence electrons. The van der Waals surface area contributed by atoms with E-state index in [9.17, 15) is 0 Å². The topological polar surface area (TPSA) is 158 Å². The summed E-state index contributed by atoms with van der Waals surface area (Å²) in [7, 11) is 0. The minimum absolute atomic E-state index is 0. The van der Waals surface area contributed by atoms with E-state index in [1.807, 2.05) is 0 Å². The first-order valence-electron chi connectivity index (χ1n) is 0. The van der Waals surface area contributed by atoms with Crippen molar-refractivity contribution in [2.75, 3.05) is 0 Å². The zero-order valence-corrected chi connectivity index (χ0v) is 13.6. The summed E-state index contributed by atoms with van der Waals surface area (Å²) in [4.78, 5) is 0. The van der Waals surface area contributed by atoms with Crippen molar-refractivity contribution in [3.05, 3.63) is 0 Å². The van der Waals surface area contributed by atoms with Gasteiger partial charge in [-0.3, -0.25) is 0 Å². The molecule has 0 aliphatic carbocycles. The second-order valence-corrected chi connectivity index (χ2v) is 0. The molecule has 0 heterocycles. The van der Waals surface area contributed by atoms with Gasteiger partial charge in [0.2, 0.25) is 0 Å². The Labute approximate surface area is 119 Å². The van der Waals surface area contributed by atoms with Crippen LogP contribution in [-0.4, -0.2) is 50.4 Å². The van der Waals surface area contributed by atoms with E-state index in [0.717, 1.165) is 0 Å². The van der Waals surface area contributed by atoms with E-state index in [0.29, 0.717) is 0 Å². The fourth-order valence-electron chi connectivity index (χ4n) is 0. The molecule has 0 unspecified atom stereocenters. The summed E-state index contributed by atoms with van der Waals surface area (Å²) in [5.41, 5.74) is 0. The maximum Gasteiger partial charge on any atom is 2.00 e. The summed E-state index contributed by atoms with van der Waals surface area (Å²) < 4.78 is 0. The zero-order chi connectivity index (χ0) is 0. The van der Waals surface area contributed by atoms with Crippen LogP contribution in [-0.2, 0) is 67.1 Å². The van der Waals surface area contributed by atoms with Gasteiger partial charge in [0.1, 0.15) is 0 Å². The van der Waals surface area contributed by atoms with Crippen LogP contribution in [0.5, 0.6) is 0 Å². The van der Waals surface area contributed by atoms with Crippen molar-refractivity contribution in [3.8, 4) is 0 Å². The minimum Gasteiger partial charge on any atom is -1.00 e. The molecular formula is H12MgNb2O5Ta. The first kappa shape index (κ1) is 177. The van der Waals surface area contributed by atoms with Crippen LogP contribution in [0.2, 0.25) is 0 Å². The number of hydrogen-bond acceptors (Lipinski definition) is 0. The maximum absolute atomic E-state index is 0.